The van der Waals surface area contributed by atoms with E-state index in [2.05, 4.69) is 4.98 Å². The van der Waals surface area contributed by atoms with Crippen LogP contribution in [-0.4, -0.2) is 52.7 Å². The molecule has 152 valence electrons. The number of nitro groups is 1. The summed E-state index contributed by atoms with van der Waals surface area (Å²) in [5.41, 5.74) is 0.135. The first-order chi connectivity index (χ1) is 13.1. The lowest BCUT2D eigenvalue weighted by Crippen LogP contribution is -2.50. The van der Waals surface area contributed by atoms with Gasteiger partial charge in [0.2, 0.25) is 0 Å². The molecule has 28 heavy (non-hydrogen) atoms. The summed E-state index contributed by atoms with van der Waals surface area (Å²) in [7, 11) is 1.94. The predicted octanol–water partition coefficient (Wildman–Crippen LogP) is 4.43. The molecule has 1 aliphatic heterocycles. The number of aromatic nitrogens is 1. The quantitative estimate of drug-likeness (QED) is 0.551. The van der Waals surface area contributed by atoms with Crippen LogP contribution in [0.1, 0.15) is 40.0 Å². The molecule has 1 aliphatic rings. The summed E-state index contributed by atoms with van der Waals surface area (Å²) in [5.74, 6) is 0. The molecule has 1 atom stereocenters. The Balaban J connectivity index is 1.74. The summed E-state index contributed by atoms with van der Waals surface area (Å²) < 4.78 is 6.47. The number of amides is 1. The fourth-order valence-electron chi connectivity index (χ4n) is 3.33. The van der Waals surface area contributed by atoms with E-state index in [9.17, 15) is 14.9 Å². The first kappa shape index (κ1) is 20.3. The second kappa shape index (κ2) is 7.90. The fraction of sp³-hybridized carbons (Fsp3) is 0.579. The number of thiazole rings is 1. The molecule has 0 aliphatic carbocycles. The Kier molecular flexibility index (Phi) is 5.74. The van der Waals surface area contributed by atoms with Gasteiger partial charge in [0.05, 0.1) is 21.2 Å². The van der Waals surface area contributed by atoms with Crippen molar-refractivity contribution in [3.8, 4) is 0 Å². The Morgan fingerprint density at radius 3 is 2.86 bits per heavy atom. The number of likely N-dealkylation sites (N-methyl/N-ethyl adjacent to an activating group) is 1. The molecule has 1 saturated heterocycles. The van der Waals surface area contributed by atoms with Crippen molar-refractivity contribution in [2.24, 2.45) is 0 Å². The Bertz CT molecular complexity index is 876. The molecule has 0 unspecified atom stereocenters. The number of likely N-dealkylation sites (tertiary alicyclic amines) is 1. The van der Waals surface area contributed by atoms with Crippen molar-refractivity contribution in [2.45, 2.75) is 51.7 Å². The number of carbonyl (C=O) groups is 1. The van der Waals surface area contributed by atoms with E-state index in [1.54, 1.807) is 6.07 Å². The molecule has 0 bridgehead atoms. The minimum atomic E-state index is -0.521. The molecule has 1 amide bonds. The van der Waals surface area contributed by atoms with Gasteiger partial charge in [0.1, 0.15) is 5.60 Å². The average molecular weight is 407 g/mol. The molecule has 9 heteroatoms. The van der Waals surface area contributed by atoms with E-state index in [0.29, 0.717) is 18.6 Å². The predicted molar refractivity (Wildman–Crippen MR) is 110 cm³/mol. The summed E-state index contributed by atoms with van der Waals surface area (Å²) in [6.07, 6.45) is 2.69. The van der Waals surface area contributed by atoms with Crippen LogP contribution in [0, 0.1) is 10.1 Å². The summed E-state index contributed by atoms with van der Waals surface area (Å²) >= 11 is 1.49. The zero-order valence-corrected chi connectivity index (χ0v) is 17.5. The van der Waals surface area contributed by atoms with Crippen LogP contribution in [0.15, 0.2) is 18.2 Å². The molecule has 8 nitrogen and oxygen atoms in total. The highest BCUT2D eigenvalue weighted by atomic mass is 32.1. The fourth-order valence-corrected chi connectivity index (χ4v) is 4.24. The number of anilines is 1. The van der Waals surface area contributed by atoms with E-state index in [1.165, 1.54) is 23.5 Å². The minimum Gasteiger partial charge on any atom is -0.444 e. The lowest BCUT2D eigenvalue weighted by atomic mass is 10.0. The van der Waals surface area contributed by atoms with Gasteiger partial charge in [0.25, 0.3) is 5.69 Å². The highest BCUT2D eigenvalue weighted by Gasteiger charge is 2.31. The molecule has 1 aromatic carbocycles. The topological polar surface area (TPSA) is 88.8 Å². The van der Waals surface area contributed by atoms with Gasteiger partial charge in [-0.25, -0.2) is 9.78 Å². The van der Waals surface area contributed by atoms with Crippen LogP contribution in [0.25, 0.3) is 10.2 Å². The van der Waals surface area contributed by atoms with Crippen LogP contribution in [-0.2, 0) is 4.74 Å². The SMILES string of the molecule is CN(C[C@@H]1CCCCN1C(=O)OC(C)(C)C)c1nc2cc([N+](=O)[O-])ccc2s1. The highest BCUT2D eigenvalue weighted by molar-refractivity contribution is 7.22. The number of piperidine rings is 1. The van der Waals surface area contributed by atoms with Gasteiger partial charge in [0.15, 0.2) is 5.13 Å². The Labute approximate surface area is 168 Å². The zero-order chi connectivity index (χ0) is 20.5. The summed E-state index contributed by atoms with van der Waals surface area (Å²) in [6.45, 7) is 6.95. The molecule has 1 aromatic heterocycles. The van der Waals surface area contributed by atoms with Gasteiger partial charge in [-0.15, -0.1) is 0 Å². The normalized spacial score (nSPS) is 17.6. The molecule has 2 aromatic rings. The molecular formula is C19H26N4O4S. The van der Waals surface area contributed by atoms with Crippen molar-refractivity contribution < 1.29 is 14.5 Å². The van der Waals surface area contributed by atoms with Gasteiger partial charge in [-0.2, -0.15) is 0 Å². The number of carbonyl (C=O) groups excluding carboxylic acids is 1. The van der Waals surface area contributed by atoms with Crippen LogP contribution in [0.5, 0.6) is 0 Å². The van der Waals surface area contributed by atoms with E-state index in [1.807, 2.05) is 37.6 Å². The van der Waals surface area contributed by atoms with Gasteiger partial charge in [0, 0.05) is 32.3 Å². The second-order valence-corrected chi connectivity index (χ2v) is 9.12. The number of ether oxygens (including phenoxy) is 1. The van der Waals surface area contributed by atoms with E-state index in [0.717, 1.165) is 29.1 Å². The number of nitrogens with zero attached hydrogens (tertiary/aromatic N) is 4. The average Bonchev–Trinajstić information content (AvgIpc) is 3.04. The lowest BCUT2D eigenvalue weighted by molar-refractivity contribution is -0.384. The van der Waals surface area contributed by atoms with Gasteiger partial charge >= 0.3 is 6.09 Å². The van der Waals surface area contributed by atoms with Crippen molar-refractivity contribution in [1.82, 2.24) is 9.88 Å². The summed E-state index contributed by atoms with van der Waals surface area (Å²) in [5, 5.41) is 11.8. The molecule has 2 heterocycles. The van der Waals surface area contributed by atoms with E-state index in [4.69, 9.17) is 4.74 Å². The van der Waals surface area contributed by atoms with E-state index < -0.39 is 10.5 Å². The maximum atomic E-state index is 12.6. The van der Waals surface area contributed by atoms with Crippen LogP contribution >= 0.6 is 11.3 Å². The third-order valence-electron chi connectivity index (χ3n) is 4.64. The number of nitro benzene ring substituents is 1. The molecule has 0 radical (unpaired) electrons. The third-order valence-corrected chi connectivity index (χ3v) is 5.79. The highest BCUT2D eigenvalue weighted by Crippen LogP contribution is 2.31. The maximum Gasteiger partial charge on any atom is 0.410 e. The third kappa shape index (κ3) is 4.70. The summed E-state index contributed by atoms with van der Waals surface area (Å²) in [6, 6.07) is 4.78. The zero-order valence-electron chi connectivity index (χ0n) is 16.7. The van der Waals surface area contributed by atoms with Crippen molar-refractivity contribution in [3.05, 3.63) is 28.3 Å². The largest absolute Gasteiger partial charge is 0.444 e. The molecule has 0 saturated carbocycles. The van der Waals surface area contributed by atoms with Crippen LogP contribution in [0.4, 0.5) is 15.6 Å². The van der Waals surface area contributed by atoms with Crippen molar-refractivity contribution in [1.29, 1.82) is 0 Å². The van der Waals surface area contributed by atoms with Crippen LogP contribution in [0.3, 0.4) is 0 Å². The maximum absolute atomic E-state index is 12.6. The molecular weight excluding hydrogens is 380 g/mol. The van der Waals surface area contributed by atoms with Crippen molar-refractivity contribution >= 4 is 38.5 Å². The first-order valence-electron chi connectivity index (χ1n) is 9.40. The molecule has 0 N–H and O–H groups in total. The first-order valence-corrected chi connectivity index (χ1v) is 10.2. The number of rotatable bonds is 4. The monoisotopic (exact) mass is 406 g/mol. The van der Waals surface area contributed by atoms with Gasteiger partial charge in [-0.05, 0) is 46.1 Å². The van der Waals surface area contributed by atoms with Crippen LogP contribution in [0.2, 0.25) is 0 Å². The number of non-ortho nitro benzene ring substituents is 1. The standard InChI is InChI=1S/C19H26N4O4S/c1-19(2,3)27-18(24)22-10-6-5-7-14(22)12-21(4)17-20-15-11-13(23(25)26)8-9-16(15)28-17/h8-9,11,14H,5-7,10,12H2,1-4H3/t14-/m0/s1. The number of fused-ring (bicyclic) bond motifs is 1. The number of hydrogen-bond donors (Lipinski definition) is 0. The molecule has 3 rings (SSSR count). The molecule has 1 fully saturated rings. The van der Waals surface area contributed by atoms with Gasteiger partial charge < -0.3 is 14.5 Å². The molecule has 0 spiro atoms. The van der Waals surface area contributed by atoms with E-state index >= 15 is 0 Å². The summed E-state index contributed by atoms with van der Waals surface area (Å²) in [4.78, 5) is 31.5. The van der Waals surface area contributed by atoms with E-state index in [-0.39, 0.29) is 17.8 Å². The van der Waals surface area contributed by atoms with Crippen LogP contribution < -0.4 is 4.90 Å². The number of benzene rings is 1. The minimum absolute atomic E-state index is 0.0374. The lowest BCUT2D eigenvalue weighted by Gasteiger charge is -2.38. The Morgan fingerprint density at radius 2 is 2.18 bits per heavy atom. The second-order valence-electron chi connectivity index (χ2n) is 8.11. The van der Waals surface area contributed by atoms with Gasteiger partial charge in [-0.3, -0.25) is 10.1 Å². The Hall–Kier alpha value is -2.42. The van der Waals surface area contributed by atoms with Crippen molar-refractivity contribution in [2.75, 3.05) is 25.0 Å². The smallest absolute Gasteiger partial charge is 0.410 e. The number of hydrogen-bond acceptors (Lipinski definition) is 7. The van der Waals surface area contributed by atoms with Crippen molar-refractivity contribution in [3.63, 3.8) is 0 Å². The Morgan fingerprint density at radius 1 is 1.43 bits per heavy atom. The van der Waals surface area contributed by atoms with Gasteiger partial charge in [-0.1, -0.05) is 11.3 Å².